The van der Waals surface area contributed by atoms with Crippen LogP contribution in [0.2, 0.25) is 0 Å². The maximum atomic E-state index is 12.3. The number of aromatic amines is 1. The lowest BCUT2D eigenvalue weighted by Gasteiger charge is -2.13. The fourth-order valence-corrected chi connectivity index (χ4v) is 2.04. The highest BCUT2D eigenvalue weighted by molar-refractivity contribution is 5.93. The molecule has 0 aliphatic carbocycles. The summed E-state index contributed by atoms with van der Waals surface area (Å²) in [6.45, 7) is 0. The number of rotatable bonds is 5. The van der Waals surface area contributed by atoms with E-state index < -0.39 is 6.10 Å². The van der Waals surface area contributed by atoms with Gasteiger partial charge in [-0.15, -0.1) is 5.10 Å². The summed E-state index contributed by atoms with van der Waals surface area (Å²) in [6, 6.07) is 11.0. The van der Waals surface area contributed by atoms with Gasteiger partial charge >= 0.3 is 0 Å². The predicted octanol–water partition coefficient (Wildman–Crippen LogP) is 2.39. The van der Waals surface area contributed by atoms with E-state index in [0.29, 0.717) is 5.82 Å². The third kappa shape index (κ3) is 2.89. The van der Waals surface area contributed by atoms with Gasteiger partial charge in [0.2, 0.25) is 5.95 Å². The van der Waals surface area contributed by atoms with Gasteiger partial charge in [-0.3, -0.25) is 15.2 Å². The number of H-pyrrole nitrogens is 1. The number of anilines is 1. The second-order valence-corrected chi connectivity index (χ2v) is 4.54. The Morgan fingerprint density at radius 2 is 2.14 bits per heavy atom. The fraction of sp³-hybridized carbons (Fsp3) is 0.133. The molecule has 1 aromatic carbocycles. The molecule has 0 unspecified atom stereocenters. The molecule has 0 spiro atoms. The van der Waals surface area contributed by atoms with Crippen molar-refractivity contribution in [1.29, 1.82) is 0 Å². The maximum absolute atomic E-state index is 12.3. The molecule has 112 valence electrons. The molecular formula is C15H14N4O3. The van der Waals surface area contributed by atoms with E-state index in [1.165, 1.54) is 19.6 Å². The Labute approximate surface area is 126 Å². The molecule has 7 heteroatoms. The highest BCUT2D eigenvalue weighted by atomic mass is 16.5. The molecule has 0 aliphatic rings. The first kappa shape index (κ1) is 14.0. The number of aromatic nitrogens is 3. The average Bonchev–Trinajstić information content (AvgIpc) is 3.20. The number of hydrogen-bond donors (Lipinski definition) is 2. The molecular weight excluding hydrogens is 284 g/mol. The summed E-state index contributed by atoms with van der Waals surface area (Å²) in [5.41, 5.74) is 1.51. The molecule has 0 saturated heterocycles. The summed E-state index contributed by atoms with van der Waals surface area (Å²) in [7, 11) is 1.48. The number of hydrogen-bond acceptors (Lipinski definition) is 5. The van der Waals surface area contributed by atoms with Crippen molar-refractivity contribution in [3.8, 4) is 11.4 Å². The van der Waals surface area contributed by atoms with Crippen molar-refractivity contribution >= 4 is 11.9 Å². The summed E-state index contributed by atoms with van der Waals surface area (Å²) < 4.78 is 10.2. The molecule has 3 rings (SSSR count). The van der Waals surface area contributed by atoms with E-state index in [0.717, 1.165) is 11.1 Å². The molecule has 22 heavy (non-hydrogen) atoms. The van der Waals surface area contributed by atoms with Gasteiger partial charge in [-0.05, 0) is 11.6 Å². The SMILES string of the molecule is CO[C@H](C(=O)Nc1n[nH]c(-c2ccoc2)n1)c1ccccc1. The van der Waals surface area contributed by atoms with E-state index in [2.05, 4.69) is 20.5 Å². The van der Waals surface area contributed by atoms with Crippen molar-refractivity contribution in [3.63, 3.8) is 0 Å². The second-order valence-electron chi connectivity index (χ2n) is 4.54. The Morgan fingerprint density at radius 1 is 1.32 bits per heavy atom. The van der Waals surface area contributed by atoms with Crippen LogP contribution in [0.25, 0.3) is 11.4 Å². The standard InChI is InChI=1S/C15H14N4O3/c1-21-12(10-5-3-2-4-6-10)14(20)17-15-16-13(18-19-15)11-7-8-22-9-11/h2-9,12H,1H3,(H2,16,17,18,19,20)/t12-/m0/s1. The monoisotopic (exact) mass is 298 g/mol. The lowest BCUT2D eigenvalue weighted by molar-refractivity contribution is -0.126. The van der Waals surface area contributed by atoms with Gasteiger partial charge in [-0.25, -0.2) is 0 Å². The topological polar surface area (TPSA) is 93.0 Å². The Bertz CT molecular complexity index is 737. The first-order valence-electron chi connectivity index (χ1n) is 6.61. The summed E-state index contributed by atoms with van der Waals surface area (Å²) in [5, 5.41) is 9.32. The summed E-state index contributed by atoms with van der Waals surface area (Å²) >= 11 is 0. The number of methoxy groups -OCH3 is 1. The van der Waals surface area contributed by atoms with Crippen molar-refractivity contribution in [2.45, 2.75) is 6.10 Å². The van der Waals surface area contributed by atoms with E-state index in [1.54, 1.807) is 6.07 Å². The van der Waals surface area contributed by atoms with Crippen LogP contribution < -0.4 is 5.32 Å². The Balaban J connectivity index is 1.73. The highest BCUT2D eigenvalue weighted by Gasteiger charge is 2.21. The lowest BCUT2D eigenvalue weighted by atomic mass is 10.1. The number of carbonyl (C=O) groups is 1. The predicted molar refractivity (Wildman–Crippen MR) is 78.9 cm³/mol. The zero-order valence-corrected chi connectivity index (χ0v) is 11.8. The number of benzene rings is 1. The first-order chi connectivity index (χ1) is 10.8. The summed E-state index contributed by atoms with van der Waals surface area (Å²) in [4.78, 5) is 16.5. The van der Waals surface area contributed by atoms with Crippen molar-refractivity contribution in [1.82, 2.24) is 15.2 Å². The van der Waals surface area contributed by atoms with Crippen LogP contribution in [-0.4, -0.2) is 28.2 Å². The van der Waals surface area contributed by atoms with Crippen molar-refractivity contribution in [3.05, 3.63) is 54.5 Å². The molecule has 1 amide bonds. The summed E-state index contributed by atoms with van der Waals surface area (Å²) in [6.07, 6.45) is 2.35. The summed E-state index contributed by atoms with van der Waals surface area (Å²) in [5.74, 6) is 0.350. The van der Waals surface area contributed by atoms with Crippen LogP contribution in [0.3, 0.4) is 0 Å². The number of nitrogens with one attached hydrogen (secondary N) is 2. The zero-order valence-electron chi connectivity index (χ0n) is 11.8. The fourth-order valence-electron chi connectivity index (χ4n) is 2.04. The number of carbonyl (C=O) groups excluding carboxylic acids is 1. The van der Waals surface area contributed by atoms with E-state index >= 15 is 0 Å². The van der Waals surface area contributed by atoms with Crippen LogP contribution in [0.5, 0.6) is 0 Å². The van der Waals surface area contributed by atoms with Crippen LogP contribution in [0.1, 0.15) is 11.7 Å². The largest absolute Gasteiger partial charge is 0.472 e. The maximum Gasteiger partial charge on any atom is 0.260 e. The van der Waals surface area contributed by atoms with Gasteiger partial charge in [0, 0.05) is 7.11 Å². The van der Waals surface area contributed by atoms with Crippen LogP contribution in [0, 0.1) is 0 Å². The normalized spacial score (nSPS) is 12.0. The third-order valence-corrected chi connectivity index (χ3v) is 3.09. The lowest BCUT2D eigenvalue weighted by Crippen LogP contribution is -2.23. The van der Waals surface area contributed by atoms with Crippen LogP contribution in [-0.2, 0) is 9.53 Å². The molecule has 0 fully saturated rings. The van der Waals surface area contributed by atoms with Crippen LogP contribution >= 0.6 is 0 Å². The van der Waals surface area contributed by atoms with Gasteiger partial charge < -0.3 is 9.15 Å². The molecule has 0 radical (unpaired) electrons. The minimum Gasteiger partial charge on any atom is -0.472 e. The molecule has 0 saturated carbocycles. The van der Waals surface area contributed by atoms with Crippen LogP contribution in [0.4, 0.5) is 5.95 Å². The van der Waals surface area contributed by atoms with Gasteiger partial charge in [0.15, 0.2) is 11.9 Å². The highest BCUT2D eigenvalue weighted by Crippen LogP contribution is 2.19. The van der Waals surface area contributed by atoms with Gasteiger partial charge in [0.1, 0.15) is 6.26 Å². The van der Waals surface area contributed by atoms with Gasteiger partial charge in [0.05, 0.1) is 11.8 Å². The van der Waals surface area contributed by atoms with Crippen LogP contribution in [0.15, 0.2) is 53.3 Å². The van der Waals surface area contributed by atoms with E-state index in [4.69, 9.17) is 9.15 Å². The first-order valence-corrected chi connectivity index (χ1v) is 6.61. The second kappa shape index (κ2) is 6.23. The van der Waals surface area contributed by atoms with E-state index in [1.807, 2.05) is 30.3 Å². The molecule has 1 atom stereocenters. The number of nitrogens with zero attached hydrogens (tertiary/aromatic N) is 2. The Morgan fingerprint density at radius 3 is 2.82 bits per heavy atom. The molecule has 2 heterocycles. The average molecular weight is 298 g/mol. The van der Waals surface area contributed by atoms with Gasteiger partial charge in [0.25, 0.3) is 5.91 Å². The smallest absolute Gasteiger partial charge is 0.260 e. The van der Waals surface area contributed by atoms with Gasteiger partial charge in [-0.2, -0.15) is 4.98 Å². The molecule has 0 aliphatic heterocycles. The van der Waals surface area contributed by atoms with Crippen molar-refractivity contribution in [2.75, 3.05) is 12.4 Å². The van der Waals surface area contributed by atoms with E-state index in [9.17, 15) is 4.79 Å². The quantitative estimate of drug-likeness (QED) is 0.754. The molecule has 0 bridgehead atoms. The van der Waals surface area contributed by atoms with Crippen molar-refractivity contribution in [2.24, 2.45) is 0 Å². The third-order valence-electron chi connectivity index (χ3n) is 3.09. The minimum absolute atomic E-state index is 0.180. The van der Waals surface area contributed by atoms with E-state index in [-0.39, 0.29) is 11.9 Å². The Kier molecular flexibility index (Phi) is 3.97. The molecule has 7 nitrogen and oxygen atoms in total. The zero-order chi connectivity index (χ0) is 15.4. The van der Waals surface area contributed by atoms with Crippen molar-refractivity contribution < 1.29 is 13.9 Å². The van der Waals surface area contributed by atoms with Gasteiger partial charge in [-0.1, -0.05) is 30.3 Å². The molecule has 2 N–H and O–H groups in total. The molecule has 3 aromatic rings. The number of furan rings is 1. The minimum atomic E-state index is -0.725. The number of ether oxygens (including phenoxy) is 1. The Hall–Kier alpha value is -2.93. The molecule has 2 aromatic heterocycles. The number of amides is 1.